The Morgan fingerprint density at radius 1 is 0.471 bits per heavy atom. The molecule has 3 aromatic rings. The average molecular weight is 511 g/mol. The maximum Gasteiger partial charge on any atom is 0.00211 e. The molecule has 0 spiro atoms. The highest BCUT2D eigenvalue weighted by molar-refractivity contribution is 7.60. The first-order chi connectivity index (χ1) is 16.6. The van der Waals surface area contributed by atoms with Crippen molar-refractivity contribution in [2.75, 3.05) is 13.3 Å². The Bertz CT molecular complexity index is 968. The van der Waals surface area contributed by atoms with Crippen LogP contribution in [0.1, 0.15) is 77.0 Å². The van der Waals surface area contributed by atoms with Crippen LogP contribution in [0.25, 0.3) is 21.0 Å². The van der Waals surface area contributed by atoms with Gasteiger partial charge in [0.15, 0.2) is 0 Å². The third-order valence-corrected chi connectivity index (χ3v) is 18.3. The van der Waals surface area contributed by atoms with Gasteiger partial charge in [0.2, 0.25) is 0 Å². The zero-order chi connectivity index (χ0) is 23.5. The third-order valence-electron chi connectivity index (χ3n) is 9.43. The number of fused-ring (bicyclic) bond motifs is 7. The van der Waals surface area contributed by atoms with Crippen LogP contribution in [0.5, 0.6) is 0 Å². The summed E-state index contributed by atoms with van der Waals surface area (Å²) < 4.78 is 0. The van der Waals surface area contributed by atoms with Crippen LogP contribution in [-0.2, 0) is 6.66 Å². The maximum atomic E-state index is 2.54. The monoisotopic (exact) mass is 510 g/mol. The van der Waals surface area contributed by atoms with Gasteiger partial charge in [-0.05, 0) is 105 Å². The summed E-state index contributed by atoms with van der Waals surface area (Å²) in [6, 6.07) is 17.5. The van der Waals surface area contributed by atoms with Crippen molar-refractivity contribution < 1.29 is 0 Å². The molecule has 0 radical (unpaired) electrons. The zero-order valence-corrected chi connectivity index (χ0v) is 24.4. The Kier molecular flexibility index (Phi) is 8.74. The lowest BCUT2D eigenvalue weighted by molar-refractivity contribution is 0.477. The molecule has 2 atom stereocenters. The molecule has 4 aliphatic heterocycles. The Morgan fingerprint density at radius 3 is 1.26 bits per heavy atom. The van der Waals surface area contributed by atoms with Gasteiger partial charge in [0.25, 0.3) is 0 Å². The van der Waals surface area contributed by atoms with Gasteiger partial charge in [0, 0.05) is 10.2 Å². The van der Waals surface area contributed by atoms with Gasteiger partial charge in [-0.2, -0.15) is 0 Å². The van der Waals surface area contributed by atoms with E-state index < -0.39 is 0 Å². The molecule has 2 aromatic carbocycles. The second kappa shape index (κ2) is 11.8. The van der Waals surface area contributed by atoms with Crippen molar-refractivity contribution >= 4 is 44.4 Å². The second-order valence-electron chi connectivity index (χ2n) is 11.3. The average Bonchev–Trinajstić information content (AvgIpc) is 3.26. The first kappa shape index (κ1) is 25.3. The van der Waals surface area contributed by atoms with Gasteiger partial charge < -0.3 is 0 Å². The van der Waals surface area contributed by atoms with E-state index in [1.807, 2.05) is 0 Å². The van der Waals surface area contributed by atoms with E-state index in [0.29, 0.717) is 15.8 Å². The molecule has 34 heavy (non-hydrogen) atoms. The van der Waals surface area contributed by atoms with Crippen molar-refractivity contribution in [1.29, 1.82) is 0 Å². The molecule has 1 aromatic heterocycles. The minimum atomic E-state index is -0.0967. The number of hydrogen-bond acceptors (Lipinski definition) is 0. The van der Waals surface area contributed by atoms with Crippen molar-refractivity contribution in [2.45, 2.75) is 99.7 Å². The standard InChI is InChI=1S/C13H11P.2C9H17P/c1-14-12-8-4-2-6-10(12)11-7-3-5-9-13(11)14;1-10-8-4-2-5-9(10)7-3-6-8;1-10-8-4-2-3-5-9(10)7-6-8/h2-9H,1H3;2*8-9H,2-7H2,1H3. The van der Waals surface area contributed by atoms with Crippen molar-refractivity contribution in [3.63, 3.8) is 0 Å². The molecule has 3 heteroatoms. The molecule has 5 heterocycles. The highest BCUT2D eigenvalue weighted by Gasteiger charge is 2.33. The van der Waals surface area contributed by atoms with E-state index in [2.05, 4.69) is 68.5 Å². The van der Waals surface area contributed by atoms with E-state index in [1.54, 1.807) is 64.2 Å². The maximum absolute atomic E-state index is 2.54. The van der Waals surface area contributed by atoms with Gasteiger partial charge in [-0.15, -0.1) is 23.4 Å². The fourth-order valence-electron chi connectivity index (χ4n) is 7.24. The molecule has 4 saturated heterocycles. The molecule has 0 amide bonds. The van der Waals surface area contributed by atoms with Crippen molar-refractivity contribution in [3.8, 4) is 0 Å². The van der Waals surface area contributed by atoms with E-state index in [-0.39, 0.29) is 7.53 Å². The highest BCUT2D eigenvalue weighted by Crippen LogP contribution is 2.58. The summed E-state index contributed by atoms with van der Waals surface area (Å²) in [5, 5.41) is 5.95. The summed E-state index contributed by atoms with van der Waals surface area (Å²) in [4.78, 5) is 0. The summed E-state index contributed by atoms with van der Waals surface area (Å²) in [6.45, 7) is 7.44. The second-order valence-corrected chi connectivity index (χ2v) is 18.9. The molecule has 7 rings (SSSR count). The fraction of sp³-hybridized carbons (Fsp3) is 0.613. The van der Waals surface area contributed by atoms with Crippen LogP contribution in [0.4, 0.5) is 0 Å². The molecule has 4 bridgehead atoms. The van der Waals surface area contributed by atoms with E-state index in [4.69, 9.17) is 0 Å². The minimum Gasteiger partial charge on any atom is -0.112 e. The molecule has 0 N–H and O–H groups in total. The summed E-state index contributed by atoms with van der Waals surface area (Å²) >= 11 is 0. The zero-order valence-electron chi connectivity index (χ0n) is 21.8. The molecular weight excluding hydrogens is 465 g/mol. The minimum absolute atomic E-state index is 0.0967. The summed E-state index contributed by atoms with van der Waals surface area (Å²) in [7, 11) is 0.844. The molecule has 4 fully saturated rings. The van der Waals surface area contributed by atoms with Gasteiger partial charge in [-0.1, -0.05) is 74.2 Å². The van der Waals surface area contributed by atoms with Gasteiger partial charge in [-0.25, -0.2) is 0 Å². The number of rotatable bonds is 0. The SMILES string of the molecule is CP1C2CCCC1CCC2.CP1C2CCCCC1CC2.Cp1c2ccccc2c2ccccc21. The van der Waals surface area contributed by atoms with Crippen molar-refractivity contribution in [2.24, 2.45) is 6.66 Å². The largest absolute Gasteiger partial charge is 0.112 e. The smallest absolute Gasteiger partial charge is 0.00211 e. The van der Waals surface area contributed by atoms with E-state index in [0.717, 1.165) is 0 Å². The van der Waals surface area contributed by atoms with Crippen LogP contribution in [0.2, 0.25) is 0 Å². The summed E-state index contributed by atoms with van der Waals surface area (Å²) in [5.41, 5.74) is 4.73. The first-order valence-electron chi connectivity index (χ1n) is 14.0. The lowest BCUT2D eigenvalue weighted by atomic mass is 9.99. The fourth-order valence-corrected chi connectivity index (χ4v) is 15.1. The molecule has 0 nitrogen and oxygen atoms in total. The highest BCUT2D eigenvalue weighted by atomic mass is 31.1. The van der Waals surface area contributed by atoms with Gasteiger partial charge in [0.05, 0.1) is 0 Å². The van der Waals surface area contributed by atoms with Gasteiger partial charge in [0.1, 0.15) is 0 Å². The van der Waals surface area contributed by atoms with Crippen molar-refractivity contribution in [1.82, 2.24) is 0 Å². The molecule has 0 saturated carbocycles. The molecule has 0 aliphatic carbocycles. The van der Waals surface area contributed by atoms with E-state index >= 15 is 0 Å². The summed E-state index contributed by atoms with van der Waals surface area (Å²) in [6.07, 6.45) is 18.7. The lowest BCUT2D eigenvalue weighted by Gasteiger charge is -2.41. The van der Waals surface area contributed by atoms with Crippen LogP contribution < -0.4 is 0 Å². The molecule has 2 unspecified atom stereocenters. The topological polar surface area (TPSA) is 0 Å². The Balaban J connectivity index is 0.000000109. The third kappa shape index (κ3) is 5.46. The Labute approximate surface area is 212 Å². The van der Waals surface area contributed by atoms with E-state index in [1.165, 1.54) is 56.5 Å². The van der Waals surface area contributed by atoms with Crippen LogP contribution in [0, 0.1) is 0 Å². The predicted octanol–water partition coefficient (Wildman–Crippen LogP) is 10.9. The Morgan fingerprint density at radius 2 is 0.824 bits per heavy atom. The van der Waals surface area contributed by atoms with Crippen LogP contribution in [-0.4, -0.2) is 36.0 Å². The lowest BCUT2D eigenvalue weighted by Crippen LogP contribution is -2.25. The first-order valence-corrected chi connectivity index (χ1v) is 19.6. The van der Waals surface area contributed by atoms with Gasteiger partial charge in [-0.3, -0.25) is 0 Å². The number of aryl methyl sites for hydroxylation is 1. The molecule has 184 valence electrons. The normalized spacial score (nSPS) is 32.3. The number of benzene rings is 2. The van der Waals surface area contributed by atoms with Crippen LogP contribution in [0.3, 0.4) is 0 Å². The Hall–Kier alpha value is -0.400. The predicted molar refractivity (Wildman–Crippen MR) is 161 cm³/mol. The van der Waals surface area contributed by atoms with Crippen LogP contribution >= 0.6 is 23.4 Å². The summed E-state index contributed by atoms with van der Waals surface area (Å²) in [5.74, 6) is 0. The molecule has 4 aliphatic rings. The van der Waals surface area contributed by atoms with Gasteiger partial charge >= 0.3 is 0 Å². The quantitative estimate of drug-likeness (QED) is 0.264. The number of hydrogen-bond donors (Lipinski definition) is 0. The van der Waals surface area contributed by atoms with Crippen LogP contribution in [0.15, 0.2) is 48.5 Å². The van der Waals surface area contributed by atoms with E-state index in [9.17, 15) is 0 Å². The molecular formula is C31H45P3. The van der Waals surface area contributed by atoms with Crippen molar-refractivity contribution in [3.05, 3.63) is 48.5 Å².